The molecule has 2 aliphatic rings. The van der Waals surface area contributed by atoms with Gasteiger partial charge in [-0.3, -0.25) is 14.5 Å². The molecule has 5 heterocycles. The molecule has 13 nitrogen and oxygen atoms in total. The van der Waals surface area contributed by atoms with Gasteiger partial charge in [-0.05, 0) is 18.0 Å². The van der Waals surface area contributed by atoms with Crippen molar-refractivity contribution in [2.45, 2.75) is 23.1 Å². The predicted octanol–water partition coefficient (Wildman–Crippen LogP) is 0.530. The number of aliphatic carboxylic acids is 1. The number of fused-ring (bicyclic) bond motifs is 2. The summed E-state index contributed by atoms with van der Waals surface area (Å²) < 4.78 is 20.4. The zero-order valence-electron chi connectivity index (χ0n) is 18.9. The molecule has 0 bridgehead atoms. The van der Waals surface area contributed by atoms with Crippen LogP contribution in [-0.4, -0.2) is 77.5 Å². The molecule has 0 unspecified atom stereocenters. The molecule has 2 atom stereocenters. The number of thiazole rings is 1. The molecule has 1 saturated heterocycles. The summed E-state index contributed by atoms with van der Waals surface area (Å²) in [5.41, 5.74) is 5.57. The minimum atomic E-state index is -1.29. The first-order chi connectivity index (χ1) is 17.8. The molecule has 194 valence electrons. The van der Waals surface area contributed by atoms with Gasteiger partial charge in [-0.2, -0.15) is 13.8 Å². The van der Waals surface area contributed by atoms with Gasteiger partial charge in [0.05, 0.1) is 0 Å². The van der Waals surface area contributed by atoms with Gasteiger partial charge in [0.1, 0.15) is 36.1 Å². The third-order valence-electron chi connectivity index (χ3n) is 5.51. The highest BCUT2D eigenvalue weighted by Crippen LogP contribution is 2.40. The highest BCUT2D eigenvalue weighted by Gasteiger charge is 2.54. The molecule has 0 spiro atoms. The lowest BCUT2D eigenvalue weighted by atomic mass is 10.0. The number of amides is 2. The van der Waals surface area contributed by atoms with E-state index in [1.165, 1.54) is 28.4 Å². The fourth-order valence-corrected chi connectivity index (χ4v) is 7.33. The first-order valence-electron chi connectivity index (χ1n) is 10.4. The average Bonchev–Trinajstić information content (AvgIpc) is 3.58. The number of alkyl halides is 1. The maximum absolute atomic E-state index is 13.1. The van der Waals surface area contributed by atoms with Crippen molar-refractivity contribution < 1.29 is 33.3 Å². The summed E-state index contributed by atoms with van der Waals surface area (Å²) in [7, 11) is 0. The van der Waals surface area contributed by atoms with Gasteiger partial charge in [0.2, 0.25) is 16.4 Å². The number of carbonyl (C=O) groups is 3. The number of rotatable bonds is 9. The number of carboxylic acids is 1. The molecular formula is C19H18FN8O5S4+. The predicted molar refractivity (Wildman–Crippen MR) is 135 cm³/mol. The molecule has 3 aromatic rings. The first-order valence-corrected chi connectivity index (χ1v) is 14.3. The number of hydrogen-bond donors (Lipinski definition) is 3. The van der Waals surface area contributed by atoms with Crippen LogP contribution in [0.15, 0.2) is 39.4 Å². The number of anilines is 1. The van der Waals surface area contributed by atoms with Crippen molar-refractivity contribution in [3.8, 4) is 0 Å². The van der Waals surface area contributed by atoms with Gasteiger partial charge in [0.15, 0.2) is 5.13 Å². The average molecular weight is 586 g/mol. The van der Waals surface area contributed by atoms with Crippen molar-refractivity contribution in [2.75, 3.05) is 24.6 Å². The number of nitrogen functional groups attached to an aromatic ring is 1. The Bertz CT molecular complexity index is 1470. The number of β-lactam (4-membered cyclic amide) rings is 1. The minimum absolute atomic E-state index is 0.0545. The van der Waals surface area contributed by atoms with Crippen LogP contribution in [0.2, 0.25) is 0 Å². The number of carboxylic acid groups (broad SMARTS) is 1. The maximum atomic E-state index is 13.1. The number of hydrogen-bond acceptors (Lipinski definition) is 12. The Morgan fingerprint density at radius 1 is 1.49 bits per heavy atom. The van der Waals surface area contributed by atoms with E-state index in [9.17, 15) is 23.9 Å². The monoisotopic (exact) mass is 585 g/mol. The molecule has 2 aliphatic heterocycles. The number of imidazole rings is 1. The molecule has 4 N–H and O–H groups in total. The van der Waals surface area contributed by atoms with E-state index < -0.39 is 41.8 Å². The Morgan fingerprint density at radius 2 is 2.30 bits per heavy atom. The standard InChI is InChI=1S/C19H17FN8O5S4/c1-34-19-26(5-9-27(19)2-3-35-9)4-8-6-36-16-11(15(30)28(16)12(8)17(31)32)22-14(29)10(24-33-7-20)13-23-18(21)37-25-13/h2-3,5,11,16H,4,6-7H2,1H3,(H3-,21,22,23,25,29,31,32)/p+1/b24-10-/t11-,16-/m1/s1. The number of oxime groups is 1. The zero-order chi connectivity index (χ0) is 26.3. The maximum Gasteiger partial charge on any atom is 0.352 e. The van der Waals surface area contributed by atoms with Gasteiger partial charge in [0, 0.05) is 28.2 Å². The van der Waals surface area contributed by atoms with Crippen molar-refractivity contribution in [3.63, 3.8) is 0 Å². The van der Waals surface area contributed by atoms with Crippen LogP contribution in [0.3, 0.4) is 0 Å². The SMILES string of the molecule is CSc1n2ccsc2c[n+]1CC1=C(C(=O)O)N2C(=O)[C@@H](NC(=O)/C(=N\OCF)c3nsc(N)n3)[C@H]2SC1. The molecule has 5 rings (SSSR count). The van der Waals surface area contributed by atoms with Crippen molar-refractivity contribution in [3.05, 3.63) is 34.9 Å². The third-order valence-corrected chi connectivity index (χ3v) is 8.99. The molecular weight excluding hydrogens is 568 g/mol. The molecule has 2 amide bonds. The fourth-order valence-electron chi connectivity index (χ4n) is 4.02. The lowest BCUT2D eigenvalue weighted by Crippen LogP contribution is -2.71. The molecule has 1 fully saturated rings. The third kappa shape index (κ3) is 4.53. The Labute approximate surface area is 224 Å². The van der Waals surface area contributed by atoms with Crippen LogP contribution in [0.5, 0.6) is 0 Å². The van der Waals surface area contributed by atoms with Gasteiger partial charge < -0.3 is 21.0 Å². The fraction of sp³-hybridized carbons (Fsp3) is 0.316. The van der Waals surface area contributed by atoms with E-state index in [1.807, 2.05) is 33.0 Å². The topological polar surface area (TPSA) is 168 Å². The number of aromatic nitrogens is 4. The number of thioether (sulfide) groups is 2. The van der Waals surface area contributed by atoms with E-state index in [-0.39, 0.29) is 16.7 Å². The van der Waals surface area contributed by atoms with Gasteiger partial charge >= 0.3 is 11.1 Å². The summed E-state index contributed by atoms with van der Waals surface area (Å²) in [6, 6.07) is -1.03. The van der Waals surface area contributed by atoms with Crippen molar-refractivity contribution in [1.29, 1.82) is 0 Å². The van der Waals surface area contributed by atoms with E-state index in [1.54, 1.807) is 11.3 Å². The van der Waals surface area contributed by atoms with Gasteiger partial charge in [-0.25, -0.2) is 13.8 Å². The van der Waals surface area contributed by atoms with Crippen molar-refractivity contribution in [1.82, 2.24) is 24.0 Å². The van der Waals surface area contributed by atoms with E-state index in [4.69, 9.17) is 5.73 Å². The normalized spacial score (nSPS) is 19.7. The largest absolute Gasteiger partial charge is 0.477 e. The van der Waals surface area contributed by atoms with E-state index >= 15 is 0 Å². The van der Waals surface area contributed by atoms with Crippen molar-refractivity contribution in [2.24, 2.45) is 5.16 Å². The Kier molecular flexibility index (Phi) is 7.06. The minimum Gasteiger partial charge on any atom is -0.477 e. The Balaban J connectivity index is 1.37. The molecule has 18 heteroatoms. The Hall–Kier alpha value is -3.22. The van der Waals surface area contributed by atoms with Crippen LogP contribution < -0.4 is 15.6 Å². The second-order valence-corrected chi connectivity index (χ2v) is 11.2. The Morgan fingerprint density at radius 3 is 2.97 bits per heavy atom. The summed E-state index contributed by atoms with van der Waals surface area (Å²) in [6.45, 7) is -1.00. The number of nitrogens with two attached hydrogens (primary N) is 1. The lowest BCUT2D eigenvalue weighted by Gasteiger charge is -2.49. The molecule has 0 radical (unpaired) electrons. The number of halogens is 1. The lowest BCUT2D eigenvalue weighted by molar-refractivity contribution is -0.724. The molecule has 3 aromatic heterocycles. The van der Waals surface area contributed by atoms with E-state index in [0.29, 0.717) is 17.9 Å². The quantitative estimate of drug-likeness (QED) is 0.106. The van der Waals surface area contributed by atoms with Crippen LogP contribution in [-0.2, 0) is 25.8 Å². The summed E-state index contributed by atoms with van der Waals surface area (Å²) in [5, 5.41) is 18.2. The molecule has 37 heavy (non-hydrogen) atoms. The van der Waals surface area contributed by atoms with E-state index in [0.717, 1.165) is 21.5 Å². The van der Waals surface area contributed by atoms with Crippen molar-refractivity contribution >= 4 is 79.9 Å². The van der Waals surface area contributed by atoms with Crippen LogP contribution >= 0.6 is 46.4 Å². The zero-order valence-corrected chi connectivity index (χ0v) is 22.1. The van der Waals surface area contributed by atoms with Crippen LogP contribution in [0.1, 0.15) is 5.82 Å². The smallest absolute Gasteiger partial charge is 0.352 e. The second kappa shape index (κ2) is 10.3. The molecule has 0 aliphatic carbocycles. The van der Waals surface area contributed by atoms with Crippen LogP contribution in [0, 0.1) is 0 Å². The highest BCUT2D eigenvalue weighted by atomic mass is 32.2. The summed E-state index contributed by atoms with van der Waals surface area (Å²) in [4.78, 5) is 48.6. The van der Waals surface area contributed by atoms with Crippen LogP contribution in [0.4, 0.5) is 9.52 Å². The van der Waals surface area contributed by atoms with Crippen LogP contribution in [0.25, 0.3) is 4.83 Å². The summed E-state index contributed by atoms with van der Waals surface area (Å²) in [6.07, 6.45) is 5.82. The number of carbonyl (C=O) groups excluding carboxylic acids is 2. The first kappa shape index (κ1) is 25.4. The molecule has 0 saturated carbocycles. The number of nitrogens with zero attached hydrogens (tertiary/aromatic N) is 6. The summed E-state index contributed by atoms with van der Waals surface area (Å²) >= 11 is 5.23. The van der Waals surface area contributed by atoms with Gasteiger partial charge in [0.25, 0.3) is 18.7 Å². The van der Waals surface area contributed by atoms with Gasteiger partial charge in [-0.1, -0.05) is 16.5 Å². The second-order valence-electron chi connectivity index (χ2n) is 7.61. The van der Waals surface area contributed by atoms with Gasteiger partial charge in [-0.15, -0.1) is 11.8 Å². The summed E-state index contributed by atoms with van der Waals surface area (Å²) in [5.74, 6) is -2.55. The molecule has 0 aromatic carbocycles. The highest BCUT2D eigenvalue weighted by molar-refractivity contribution is 8.00. The number of nitrogens with one attached hydrogen (secondary N) is 1. The van der Waals surface area contributed by atoms with E-state index in [2.05, 4.69) is 24.7 Å².